The van der Waals surface area contributed by atoms with E-state index in [2.05, 4.69) is 169 Å². The average molecular weight is 651 g/mol. The summed E-state index contributed by atoms with van der Waals surface area (Å²) in [5.74, 6) is 0. The van der Waals surface area contributed by atoms with Gasteiger partial charge >= 0.3 is 0 Å². The van der Waals surface area contributed by atoms with E-state index in [0.717, 1.165) is 19.5 Å². The molecule has 4 aromatic rings. The Hall–Kier alpha value is -3.22. The molecule has 0 unspecified atom stereocenters. The number of hydrogen-bond acceptors (Lipinski definition) is 2. The highest BCUT2D eigenvalue weighted by Gasteiger charge is 2.05. The van der Waals surface area contributed by atoms with Crippen molar-refractivity contribution in [2.24, 2.45) is 0 Å². The number of rotatable bonds is 10. The minimum Gasteiger partial charge on any atom is -1.00 e. The molecule has 4 nitrogen and oxygen atoms in total. The normalized spacial score (nSPS) is 10.8. The van der Waals surface area contributed by atoms with Crippen LogP contribution in [0.1, 0.15) is 28.7 Å². The SMILES string of the molecule is CN(C)c1ccc(C=Cc2cc[n+](CCC[n+]3ccc(/C=C/c4ccc(N(C)C)cc4)cc3)cc2)cc1.[Br-].[Br-]. The van der Waals surface area contributed by atoms with Gasteiger partial charge in [0, 0.05) is 63.8 Å². The van der Waals surface area contributed by atoms with Gasteiger partial charge in [0.05, 0.1) is 6.42 Å². The Morgan fingerprint density at radius 2 is 0.744 bits per heavy atom. The van der Waals surface area contributed by atoms with E-state index in [4.69, 9.17) is 0 Å². The first-order valence-electron chi connectivity index (χ1n) is 12.9. The van der Waals surface area contributed by atoms with Gasteiger partial charge in [-0.1, -0.05) is 48.6 Å². The summed E-state index contributed by atoms with van der Waals surface area (Å²) in [6, 6.07) is 25.9. The second-order valence-electron chi connectivity index (χ2n) is 9.73. The van der Waals surface area contributed by atoms with Crippen LogP contribution < -0.4 is 52.9 Å². The Morgan fingerprint density at radius 1 is 0.462 bits per heavy atom. The number of anilines is 2. The molecule has 0 spiro atoms. The molecule has 2 aromatic carbocycles. The molecule has 0 atom stereocenters. The van der Waals surface area contributed by atoms with Crippen molar-refractivity contribution in [2.75, 3.05) is 38.0 Å². The molecule has 4 rings (SSSR count). The summed E-state index contributed by atoms with van der Waals surface area (Å²) in [4.78, 5) is 4.23. The van der Waals surface area contributed by atoms with Crippen molar-refractivity contribution >= 4 is 35.7 Å². The van der Waals surface area contributed by atoms with Crippen molar-refractivity contribution in [1.29, 1.82) is 0 Å². The van der Waals surface area contributed by atoms with Crippen LogP contribution in [0.2, 0.25) is 0 Å². The Balaban J connectivity index is 0.00000267. The fraction of sp³-hybridized carbons (Fsp3) is 0.212. The van der Waals surface area contributed by atoms with Crippen LogP contribution in [0.15, 0.2) is 97.6 Å². The van der Waals surface area contributed by atoms with E-state index in [9.17, 15) is 0 Å². The summed E-state index contributed by atoms with van der Waals surface area (Å²) in [6.07, 6.45) is 18.4. The maximum Gasteiger partial charge on any atom is 0.169 e. The molecule has 0 aliphatic rings. The molecular weight excluding hydrogens is 612 g/mol. The number of aryl methyl sites for hydroxylation is 2. The first-order valence-corrected chi connectivity index (χ1v) is 12.9. The molecule has 39 heavy (non-hydrogen) atoms. The molecule has 0 aliphatic carbocycles. The van der Waals surface area contributed by atoms with Crippen LogP contribution in [-0.2, 0) is 13.1 Å². The molecule has 0 fully saturated rings. The average Bonchev–Trinajstić information content (AvgIpc) is 2.92. The van der Waals surface area contributed by atoms with Gasteiger partial charge in [0.2, 0.25) is 0 Å². The van der Waals surface area contributed by atoms with E-state index in [1.54, 1.807) is 0 Å². The molecule has 6 heteroatoms. The smallest absolute Gasteiger partial charge is 0.169 e. The Morgan fingerprint density at radius 3 is 1.03 bits per heavy atom. The third-order valence-electron chi connectivity index (χ3n) is 6.42. The van der Waals surface area contributed by atoms with Gasteiger partial charge in [0.25, 0.3) is 0 Å². The van der Waals surface area contributed by atoms with Crippen molar-refractivity contribution in [3.8, 4) is 0 Å². The van der Waals surface area contributed by atoms with Crippen LogP contribution >= 0.6 is 0 Å². The molecule has 0 aliphatic heterocycles. The van der Waals surface area contributed by atoms with Gasteiger partial charge in [-0.2, -0.15) is 0 Å². The van der Waals surface area contributed by atoms with E-state index < -0.39 is 0 Å². The third kappa shape index (κ3) is 10.1. The van der Waals surface area contributed by atoms with Crippen LogP contribution in [0.5, 0.6) is 0 Å². The number of pyridine rings is 2. The molecular formula is C33H38Br2N4. The number of hydrogen-bond donors (Lipinski definition) is 0. The maximum absolute atomic E-state index is 2.25. The summed E-state index contributed by atoms with van der Waals surface area (Å²) in [6.45, 7) is 1.99. The summed E-state index contributed by atoms with van der Waals surface area (Å²) in [5, 5.41) is 0. The lowest BCUT2D eigenvalue weighted by molar-refractivity contribution is -0.726. The van der Waals surface area contributed by atoms with Crippen LogP contribution in [0.4, 0.5) is 11.4 Å². The predicted octanol–water partition coefficient (Wildman–Crippen LogP) is -0.167. The summed E-state index contributed by atoms with van der Waals surface area (Å²) in [7, 11) is 8.24. The van der Waals surface area contributed by atoms with Crippen molar-refractivity contribution in [1.82, 2.24) is 0 Å². The lowest BCUT2D eigenvalue weighted by Gasteiger charge is -2.11. The Bertz CT molecular complexity index is 1210. The number of benzene rings is 2. The van der Waals surface area contributed by atoms with E-state index in [1.807, 2.05) is 0 Å². The van der Waals surface area contributed by atoms with Gasteiger partial charge in [-0.15, -0.1) is 0 Å². The molecule has 0 bridgehead atoms. The van der Waals surface area contributed by atoms with Crippen LogP contribution in [0.25, 0.3) is 24.3 Å². The number of nitrogens with zero attached hydrogens (tertiary/aromatic N) is 4. The molecule has 2 aromatic heterocycles. The van der Waals surface area contributed by atoms with Gasteiger partial charge in [-0.3, -0.25) is 0 Å². The topological polar surface area (TPSA) is 14.2 Å². The molecule has 0 radical (unpaired) electrons. The molecule has 0 saturated heterocycles. The predicted molar refractivity (Wildman–Crippen MR) is 157 cm³/mol. The first-order chi connectivity index (χ1) is 18.0. The van der Waals surface area contributed by atoms with Gasteiger partial charge < -0.3 is 43.8 Å². The Kier molecular flexibility index (Phi) is 13.1. The summed E-state index contributed by atoms with van der Waals surface area (Å²) >= 11 is 0. The largest absolute Gasteiger partial charge is 1.00 e. The fourth-order valence-electron chi connectivity index (χ4n) is 4.05. The van der Waals surface area contributed by atoms with Gasteiger partial charge in [-0.05, 0) is 46.5 Å². The lowest BCUT2D eigenvalue weighted by atomic mass is 10.1. The summed E-state index contributed by atoms with van der Waals surface area (Å²) < 4.78 is 4.50. The number of halogens is 2. The van der Waals surface area contributed by atoms with E-state index in [1.165, 1.54) is 33.6 Å². The zero-order chi connectivity index (χ0) is 26.0. The van der Waals surface area contributed by atoms with Crippen molar-refractivity contribution < 1.29 is 43.1 Å². The van der Waals surface area contributed by atoms with Gasteiger partial charge in [0.1, 0.15) is 0 Å². The highest BCUT2D eigenvalue weighted by molar-refractivity contribution is 5.71. The summed E-state index contributed by atoms with van der Waals surface area (Å²) in [5.41, 5.74) is 7.26. The highest BCUT2D eigenvalue weighted by Crippen LogP contribution is 2.15. The first kappa shape index (κ1) is 32.0. The lowest BCUT2D eigenvalue weighted by Crippen LogP contribution is -3.00. The molecule has 204 valence electrons. The van der Waals surface area contributed by atoms with Gasteiger partial charge in [0.15, 0.2) is 37.9 Å². The molecule has 0 N–H and O–H groups in total. The monoisotopic (exact) mass is 648 g/mol. The zero-order valence-electron chi connectivity index (χ0n) is 23.2. The van der Waals surface area contributed by atoms with Crippen LogP contribution in [0, 0.1) is 0 Å². The van der Waals surface area contributed by atoms with E-state index >= 15 is 0 Å². The minimum absolute atomic E-state index is 0. The minimum atomic E-state index is 0. The number of aromatic nitrogens is 2. The van der Waals surface area contributed by atoms with Crippen LogP contribution in [0.3, 0.4) is 0 Å². The Labute approximate surface area is 255 Å². The standard InChI is InChI=1S/C33H38N4.2BrH/c1-34(2)32-14-10-28(11-15-32)6-8-30-18-24-36(25-19-30)22-5-23-37-26-20-31(21-27-37)9-7-29-12-16-33(17-13-29)35(3)4;;/h6-21,24-27H,5,22-23H2,1-4H3;2*1H/q+2;;/p-2. The van der Waals surface area contributed by atoms with Crippen LogP contribution in [-0.4, -0.2) is 28.2 Å². The van der Waals surface area contributed by atoms with E-state index in [0.29, 0.717) is 0 Å². The third-order valence-corrected chi connectivity index (χ3v) is 6.42. The van der Waals surface area contributed by atoms with Crippen molar-refractivity contribution in [2.45, 2.75) is 19.5 Å². The van der Waals surface area contributed by atoms with Crippen molar-refractivity contribution in [3.63, 3.8) is 0 Å². The second-order valence-corrected chi connectivity index (χ2v) is 9.73. The maximum atomic E-state index is 2.25. The van der Waals surface area contributed by atoms with Gasteiger partial charge in [-0.25, -0.2) is 9.13 Å². The molecule has 0 amide bonds. The fourth-order valence-corrected chi connectivity index (χ4v) is 4.05. The second kappa shape index (κ2) is 16.0. The molecule has 2 heterocycles. The van der Waals surface area contributed by atoms with E-state index in [-0.39, 0.29) is 34.0 Å². The molecule has 0 saturated carbocycles. The zero-order valence-corrected chi connectivity index (χ0v) is 26.4. The quantitative estimate of drug-likeness (QED) is 0.222. The highest BCUT2D eigenvalue weighted by atomic mass is 79.9. The van der Waals surface area contributed by atoms with Crippen molar-refractivity contribution in [3.05, 3.63) is 120 Å².